The zero-order valence-electron chi connectivity index (χ0n) is 14.7. The summed E-state index contributed by atoms with van der Waals surface area (Å²) in [6.07, 6.45) is 0. The first-order chi connectivity index (χ1) is 11.5. The number of quaternary nitrogens is 1. The van der Waals surface area contributed by atoms with Gasteiger partial charge in [0, 0.05) is 18.7 Å². The lowest BCUT2D eigenvalue weighted by atomic mass is 10.2. The maximum absolute atomic E-state index is 12.5. The van der Waals surface area contributed by atoms with Gasteiger partial charge in [-0.3, -0.25) is 9.59 Å². The predicted molar refractivity (Wildman–Crippen MR) is 90.6 cm³/mol. The number of methoxy groups -OCH3 is 2. The molecule has 0 saturated carbocycles. The van der Waals surface area contributed by atoms with Crippen molar-refractivity contribution in [2.75, 3.05) is 45.7 Å². The number of hydrogen-bond donors (Lipinski definition) is 2. The Morgan fingerprint density at radius 1 is 1.17 bits per heavy atom. The lowest BCUT2D eigenvalue weighted by Crippen LogP contribution is -3.19. The van der Waals surface area contributed by atoms with Crippen LogP contribution >= 0.6 is 0 Å². The van der Waals surface area contributed by atoms with E-state index in [0.717, 1.165) is 13.1 Å². The maximum atomic E-state index is 12.5. The number of rotatable bonds is 5. The Bertz CT molecular complexity index is 597. The molecule has 7 heteroatoms. The maximum Gasteiger partial charge on any atom is 0.282 e. The fraction of sp³-hybridized carbons (Fsp3) is 0.529. The van der Waals surface area contributed by atoms with Gasteiger partial charge in [-0.25, -0.2) is 0 Å². The molecule has 0 unspecified atom stereocenters. The van der Waals surface area contributed by atoms with Gasteiger partial charge >= 0.3 is 0 Å². The molecule has 1 atom stereocenters. The number of carbonyl (C=O) groups excluding carboxylic acids is 2. The van der Waals surface area contributed by atoms with Crippen LogP contribution in [0.25, 0.3) is 0 Å². The van der Waals surface area contributed by atoms with Gasteiger partial charge in [-0.2, -0.15) is 0 Å². The number of carbonyl (C=O) groups is 2. The number of anilines is 1. The van der Waals surface area contributed by atoms with Crippen LogP contribution in [-0.2, 0) is 9.59 Å². The van der Waals surface area contributed by atoms with E-state index in [1.54, 1.807) is 39.3 Å². The summed E-state index contributed by atoms with van der Waals surface area (Å²) < 4.78 is 10.4. The molecular weight excluding hydrogens is 310 g/mol. The van der Waals surface area contributed by atoms with Crippen LogP contribution < -0.4 is 19.7 Å². The number of piperazine rings is 1. The summed E-state index contributed by atoms with van der Waals surface area (Å²) in [5, 5.41) is 2.92. The molecule has 1 aliphatic heterocycles. The van der Waals surface area contributed by atoms with Crippen LogP contribution in [0.5, 0.6) is 11.5 Å². The monoisotopic (exact) mass is 336 g/mol. The molecule has 7 nitrogen and oxygen atoms in total. The molecule has 2 rings (SSSR count). The van der Waals surface area contributed by atoms with Gasteiger partial charge < -0.3 is 24.6 Å². The van der Waals surface area contributed by atoms with Crippen molar-refractivity contribution < 1.29 is 24.0 Å². The molecule has 1 fully saturated rings. The highest BCUT2D eigenvalue weighted by Crippen LogP contribution is 2.29. The summed E-state index contributed by atoms with van der Waals surface area (Å²) in [5.74, 6) is 1.24. The summed E-state index contributed by atoms with van der Waals surface area (Å²) in [6, 6.07) is 5.10. The lowest BCUT2D eigenvalue weighted by molar-refractivity contribution is -0.917. The third kappa shape index (κ3) is 4.17. The van der Waals surface area contributed by atoms with Crippen LogP contribution in [0.2, 0.25) is 0 Å². The predicted octanol–water partition coefficient (Wildman–Crippen LogP) is -0.222. The van der Waals surface area contributed by atoms with Gasteiger partial charge in [0.25, 0.3) is 5.91 Å². The largest absolute Gasteiger partial charge is 0.493 e. The molecule has 0 spiro atoms. The average Bonchev–Trinajstić information content (AvgIpc) is 2.60. The molecule has 2 N–H and O–H groups in total. The van der Waals surface area contributed by atoms with Crippen molar-refractivity contribution >= 4 is 17.5 Å². The van der Waals surface area contributed by atoms with E-state index < -0.39 is 0 Å². The minimum atomic E-state index is -0.188. The molecule has 132 valence electrons. The van der Waals surface area contributed by atoms with Gasteiger partial charge in [0.2, 0.25) is 5.91 Å². The Kier molecular flexibility index (Phi) is 6.03. The molecule has 0 bridgehead atoms. The Balaban J connectivity index is 1.96. The first kappa shape index (κ1) is 18.1. The van der Waals surface area contributed by atoms with Crippen molar-refractivity contribution in [1.82, 2.24) is 4.90 Å². The van der Waals surface area contributed by atoms with Gasteiger partial charge in [-0.05, 0) is 19.1 Å². The molecule has 0 radical (unpaired) electrons. The minimum absolute atomic E-state index is 0.0477. The highest BCUT2D eigenvalue weighted by atomic mass is 16.5. The first-order valence-corrected chi connectivity index (χ1v) is 8.09. The van der Waals surface area contributed by atoms with E-state index in [0.29, 0.717) is 30.3 Å². The van der Waals surface area contributed by atoms with Crippen molar-refractivity contribution in [3.8, 4) is 11.5 Å². The third-order valence-electron chi connectivity index (χ3n) is 4.51. The standard InChI is InChI=1S/C17H25N3O4/c1-12(19-7-9-20(10-8-19)13(2)21)17(22)18-14-5-6-15(23-3)16(11-14)24-4/h5-6,11-12H,7-10H2,1-4H3,(H,18,22)/p+1/t12-/m0/s1. The first-order valence-electron chi connectivity index (χ1n) is 8.09. The topological polar surface area (TPSA) is 72.3 Å². The van der Waals surface area contributed by atoms with Crippen molar-refractivity contribution in [2.45, 2.75) is 19.9 Å². The summed E-state index contributed by atoms with van der Waals surface area (Å²) in [4.78, 5) is 26.9. The smallest absolute Gasteiger partial charge is 0.282 e. The van der Waals surface area contributed by atoms with Crippen LogP contribution in [0, 0.1) is 0 Å². The summed E-state index contributed by atoms with van der Waals surface area (Å²) >= 11 is 0. The van der Waals surface area contributed by atoms with E-state index >= 15 is 0 Å². The van der Waals surface area contributed by atoms with Gasteiger partial charge in [-0.1, -0.05) is 0 Å². The molecule has 2 amide bonds. The Hall–Kier alpha value is -2.28. The molecule has 24 heavy (non-hydrogen) atoms. The normalized spacial score (nSPS) is 16.4. The van der Waals surface area contributed by atoms with Gasteiger partial charge in [-0.15, -0.1) is 0 Å². The fourth-order valence-electron chi connectivity index (χ4n) is 2.89. The van der Waals surface area contributed by atoms with Gasteiger partial charge in [0.1, 0.15) is 0 Å². The minimum Gasteiger partial charge on any atom is -0.493 e. The van der Waals surface area contributed by atoms with Gasteiger partial charge in [0.05, 0.1) is 40.4 Å². The zero-order chi connectivity index (χ0) is 17.7. The zero-order valence-corrected chi connectivity index (χ0v) is 14.7. The van der Waals surface area contributed by atoms with Crippen LogP contribution in [0.3, 0.4) is 0 Å². The quantitative estimate of drug-likeness (QED) is 0.780. The van der Waals surface area contributed by atoms with Crippen LogP contribution in [-0.4, -0.2) is 63.2 Å². The fourth-order valence-corrected chi connectivity index (χ4v) is 2.89. The second-order valence-corrected chi connectivity index (χ2v) is 5.95. The average molecular weight is 336 g/mol. The molecule has 1 saturated heterocycles. The van der Waals surface area contributed by atoms with Crippen molar-refractivity contribution in [2.24, 2.45) is 0 Å². The number of hydrogen-bond acceptors (Lipinski definition) is 4. The van der Waals surface area contributed by atoms with Crippen molar-refractivity contribution in [1.29, 1.82) is 0 Å². The van der Waals surface area contributed by atoms with E-state index in [2.05, 4.69) is 5.32 Å². The summed E-state index contributed by atoms with van der Waals surface area (Å²) in [7, 11) is 3.13. The van der Waals surface area contributed by atoms with Crippen molar-refractivity contribution in [3.63, 3.8) is 0 Å². The molecule has 1 aromatic rings. The molecular formula is C17H26N3O4+. The summed E-state index contributed by atoms with van der Waals surface area (Å²) in [5.41, 5.74) is 0.672. The number of ether oxygens (including phenoxy) is 2. The highest BCUT2D eigenvalue weighted by molar-refractivity contribution is 5.94. The lowest BCUT2D eigenvalue weighted by Gasteiger charge is -2.34. The SMILES string of the molecule is COc1ccc(NC(=O)[C@H](C)[NH+]2CCN(C(C)=O)CC2)cc1OC. The van der Waals surface area contributed by atoms with E-state index in [1.165, 1.54) is 4.90 Å². The van der Waals surface area contributed by atoms with E-state index in [4.69, 9.17) is 9.47 Å². The Morgan fingerprint density at radius 2 is 1.79 bits per heavy atom. The Morgan fingerprint density at radius 3 is 2.33 bits per heavy atom. The molecule has 0 aliphatic carbocycles. The van der Waals surface area contributed by atoms with Crippen LogP contribution in [0.1, 0.15) is 13.8 Å². The molecule has 1 aliphatic rings. The number of amides is 2. The summed E-state index contributed by atoms with van der Waals surface area (Å²) in [6.45, 7) is 6.44. The number of nitrogens with zero attached hydrogens (tertiary/aromatic N) is 1. The Labute approximate surface area is 142 Å². The molecule has 1 aromatic carbocycles. The van der Waals surface area contributed by atoms with Crippen LogP contribution in [0.4, 0.5) is 5.69 Å². The van der Waals surface area contributed by atoms with Gasteiger partial charge in [0.15, 0.2) is 17.5 Å². The number of benzene rings is 1. The second-order valence-electron chi connectivity index (χ2n) is 5.95. The molecule has 1 heterocycles. The van der Waals surface area contributed by atoms with E-state index in [-0.39, 0.29) is 17.9 Å². The second kappa shape index (κ2) is 8.01. The highest BCUT2D eigenvalue weighted by Gasteiger charge is 2.30. The van der Waals surface area contributed by atoms with Crippen LogP contribution in [0.15, 0.2) is 18.2 Å². The molecule has 0 aromatic heterocycles. The van der Waals surface area contributed by atoms with Crippen molar-refractivity contribution in [3.05, 3.63) is 18.2 Å². The number of nitrogens with one attached hydrogen (secondary N) is 2. The van der Waals surface area contributed by atoms with E-state index in [9.17, 15) is 9.59 Å². The van der Waals surface area contributed by atoms with E-state index in [1.807, 2.05) is 11.8 Å². The third-order valence-corrected chi connectivity index (χ3v) is 4.51.